The molecule has 104 valence electrons. The monoisotopic (exact) mass is 349 g/mol. The number of carbonyl (C=O) groups excluding carboxylic acids is 1. The topological polar surface area (TPSA) is 29.1 Å². The van der Waals surface area contributed by atoms with E-state index in [1.165, 1.54) is 23.3 Å². The number of thiophene rings is 1. The number of hydrogen-bond acceptors (Lipinski definition) is 2. The SMILES string of the molecule is Cc1c(Br)cccc1NC(=O)c1cc2c(s1)CCCC2. The maximum Gasteiger partial charge on any atom is 0.265 e. The van der Waals surface area contributed by atoms with Gasteiger partial charge in [0.25, 0.3) is 5.91 Å². The first-order valence-corrected chi connectivity index (χ1v) is 8.44. The molecule has 1 aromatic carbocycles. The van der Waals surface area contributed by atoms with Gasteiger partial charge in [-0.05, 0) is 61.9 Å². The Kier molecular flexibility index (Phi) is 3.94. The van der Waals surface area contributed by atoms with E-state index in [1.54, 1.807) is 11.3 Å². The molecule has 1 aromatic heterocycles. The Morgan fingerprint density at radius 3 is 2.90 bits per heavy atom. The summed E-state index contributed by atoms with van der Waals surface area (Å²) in [5.74, 6) is 0.00519. The van der Waals surface area contributed by atoms with E-state index < -0.39 is 0 Å². The van der Waals surface area contributed by atoms with E-state index in [0.717, 1.165) is 33.4 Å². The summed E-state index contributed by atoms with van der Waals surface area (Å²) in [7, 11) is 0. The van der Waals surface area contributed by atoms with Gasteiger partial charge >= 0.3 is 0 Å². The van der Waals surface area contributed by atoms with Crippen LogP contribution in [0, 0.1) is 6.92 Å². The maximum absolute atomic E-state index is 12.4. The van der Waals surface area contributed by atoms with Crippen molar-refractivity contribution in [2.24, 2.45) is 0 Å². The van der Waals surface area contributed by atoms with Gasteiger partial charge in [-0.25, -0.2) is 0 Å². The number of fused-ring (bicyclic) bond motifs is 1. The molecule has 20 heavy (non-hydrogen) atoms. The highest BCUT2D eigenvalue weighted by Gasteiger charge is 2.17. The van der Waals surface area contributed by atoms with Gasteiger partial charge in [0.15, 0.2) is 0 Å². The van der Waals surface area contributed by atoms with E-state index in [-0.39, 0.29) is 5.91 Å². The number of amides is 1. The Bertz CT molecular complexity index is 639. The summed E-state index contributed by atoms with van der Waals surface area (Å²) in [6, 6.07) is 7.92. The second-order valence-corrected chi connectivity index (χ2v) is 7.12. The molecule has 0 aliphatic heterocycles. The number of anilines is 1. The van der Waals surface area contributed by atoms with Crippen LogP contribution in [-0.2, 0) is 12.8 Å². The summed E-state index contributed by atoms with van der Waals surface area (Å²) in [6.45, 7) is 2.00. The predicted molar refractivity (Wildman–Crippen MR) is 87.8 cm³/mol. The number of benzene rings is 1. The third-order valence-corrected chi connectivity index (χ3v) is 5.83. The molecule has 0 unspecified atom stereocenters. The summed E-state index contributed by atoms with van der Waals surface area (Å²) >= 11 is 5.14. The van der Waals surface area contributed by atoms with E-state index >= 15 is 0 Å². The molecule has 0 radical (unpaired) electrons. The number of hydrogen-bond donors (Lipinski definition) is 1. The van der Waals surface area contributed by atoms with Crippen molar-refractivity contribution in [1.29, 1.82) is 0 Å². The van der Waals surface area contributed by atoms with E-state index in [4.69, 9.17) is 0 Å². The lowest BCUT2D eigenvalue weighted by molar-refractivity contribution is 0.103. The Balaban J connectivity index is 1.82. The maximum atomic E-state index is 12.4. The lowest BCUT2D eigenvalue weighted by Gasteiger charge is -2.08. The van der Waals surface area contributed by atoms with E-state index in [9.17, 15) is 4.79 Å². The van der Waals surface area contributed by atoms with E-state index in [0.29, 0.717) is 0 Å². The van der Waals surface area contributed by atoms with Gasteiger partial charge in [0.2, 0.25) is 0 Å². The molecule has 0 spiro atoms. The lowest BCUT2D eigenvalue weighted by atomic mass is 9.99. The normalized spacial score (nSPS) is 13.9. The fourth-order valence-corrected chi connectivity index (χ4v) is 4.04. The highest BCUT2D eigenvalue weighted by molar-refractivity contribution is 9.10. The molecule has 0 saturated heterocycles. The van der Waals surface area contributed by atoms with Crippen molar-refractivity contribution in [3.05, 3.63) is 49.6 Å². The average molecular weight is 350 g/mol. The Hall–Kier alpha value is -1.13. The first kappa shape index (κ1) is 13.8. The summed E-state index contributed by atoms with van der Waals surface area (Å²) < 4.78 is 1.01. The number of rotatable bonds is 2. The van der Waals surface area contributed by atoms with Crippen LogP contribution in [0.4, 0.5) is 5.69 Å². The quantitative estimate of drug-likeness (QED) is 0.816. The van der Waals surface area contributed by atoms with Gasteiger partial charge in [-0.15, -0.1) is 11.3 Å². The molecule has 1 N–H and O–H groups in total. The molecule has 0 fully saturated rings. The molecule has 3 rings (SSSR count). The van der Waals surface area contributed by atoms with Gasteiger partial charge in [-0.1, -0.05) is 22.0 Å². The van der Waals surface area contributed by atoms with Crippen LogP contribution >= 0.6 is 27.3 Å². The lowest BCUT2D eigenvalue weighted by Crippen LogP contribution is -2.11. The van der Waals surface area contributed by atoms with Crippen LogP contribution in [0.5, 0.6) is 0 Å². The molecule has 1 aliphatic carbocycles. The van der Waals surface area contributed by atoms with Crippen molar-refractivity contribution in [3.8, 4) is 0 Å². The Morgan fingerprint density at radius 1 is 1.30 bits per heavy atom. The first-order chi connectivity index (χ1) is 9.65. The van der Waals surface area contributed by atoms with Crippen LogP contribution in [0.1, 0.15) is 38.5 Å². The van der Waals surface area contributed by atoms with E-state index in [2.05, 4.69) is 27.3 Å². The fourth-order valence-electron chi connectivity index (χ4n) is 2.53. The van der Waals surface area contributed by atoms with Crippen LogP contribution < -0.4 is 5.32 Å². The number of aryl methyl sites for hydroxylation is 2. The zero-order chi connectivity index (χ0) is 14.1. The van der Waals surface area contributed by atoms with Crippen LogP contribution in [0.15, 0.2) is 28.7 Å². The molecule has 1 aliphatic rings. The summed E-state index contributed by atoms with van der Waals surface area (Å²) in [4.78, 5) is 14.6. The zero-order valence-corrected chi connectivity index (χ0v) is 13.7. The zero-order valence-electron chi connectivity index (χ0n) is 11.3. The predicted octanol–water partition coefficient (Wildman–Crippen LogP) is 4.95. The van der Waals surface area contributed by atoms with Crippen molar-refractivity contribution in [1.82, 2.24) is 0 Å². The molecule has 4 heteroatoms. The largest absolute Gasteiger partial charge is 0.321 e. The average Bonchev–Trinajstić information content (AvgIpc) is 2.88. The van der Waals surface area contributed by atoms with Gasteiger partial charge in [-0.2, -0.15) is 0 Å². The van der Waals surface area contributed by atoms with Gasteiger partial charge in [0.05, 0.1) is 4.88 Å². The highest BCUT2D eigenvalue weighted by atomic mass is 79.9. The van der Waals surface area contributed by atoms with Crippen LogP contribution in [0.2, 0.25) is 0 Å². The Morgan fingerprint density at radius 2 is 2.10 bits per heavy atom. The highest BCUT2D eigenvalue weighted by Crippen LogP contribution is 2.31. The van der Waals surface area contributed by atoms with Crippen LogP contribution in [0.3, 0.4) is 0 Å². The number of carbonyl (C=O) groups is 1. The molecule has 0 atom stereocenters. The molecule has 2 nitrogen and oxygen atoms in total. The summed E-state index contributed by atoms with van der Waals surface area (Å²) in [5.41, 5.74) is 3.30. The fraction of sp³-hybridized carbons (Fsp3) is 0.312. The third-order valence-electron chi connectivity index (χ3n) is 3.74. The van der Waals surface area contributed by atoms with E-state index in [1.807, 2.05) is 25.1 Å². The number of nitrogens with one attached hydrogen (secondary N) is 1. The van der Waals surface area contributed by atoms with Crippen molar-refractivity contribution in [2.45, 2.75) is 32.6 Å². The summed E-state index contributed by atoms with van der Waals surface area (Å²) in [6.07, 6.45) is 4.74. The third kappa shape index (κ3) is 2.67. The molecule has 2 aromatic rings. The van der Waals surface area contributed by atoms with Crippen molar-refractivity contribution < 1.29 is 4.79 Å². The van der Waals surface area contributed by atoms with Crippen LogP contribution in [0.25, 0.3) is 0 Å². The minimum absolute atomic E-state index is 0.00519. The second kappa shape index (κ2) is 5.70. The molecular weight excluding hydrogens is 334 g/mol. The van der Waals surface area contributed by atoms with Gasteiger partial charge in [0, 0.05) is 15.0 Å². The molecular formula is C16H16BrNOS. The van der Waals surface area contributed by atoms with Crippen molar-refractivity contribution in [3.63, 3.8) is 0 Å². The minimum Gasteiger partial charge on any atom is -0.321 e. The smallest absolute Gasteiger partial charge is 0.265 e. The van der Waals surface area contributed by atoms with Crippen LogP contribution in [-0.4, -0.2) is 5.91 Å². The van der Waals surface area contributed by atoms with Crippen molar-refractivity contribution in [2.75, 3.05) is 5.32 Å². The molecule has 1 heterocycles. The van der Waals surface area contributed by atoms with Gasteiger partial charge in [-0.3, -0.25) is 4.79 Å². The minimum atomic E-state index is 0.00519. The Labute approximate surface area is 131 Å². The standard InChI is InChI=1S/C16H16BrNOS/c1-10-12(17)6-4-7-13(10)18-16(19)15-9-11-5-2-3-8-14(11)20-15/h4,6-7,9H,2-3,5,8H2,1H3,(H,18,19). The molecule has 1 amide bonds. The van der Waals surface area contributed by atoms with Gasteiger partial charge in [0.1, 0.15) is 0 Å². The second-order valence-electron chi connectivity index (χ2n) is 5.13. The molecule has 0 bridgehead atoms. The van der Waals surface area contributed by atoms with Gasteiger partial charge < -0.3 is 5.32 Å². The number of halogens is 1. The van der Waals surface area contributed by atoms with Crippen molar-refractivity contribution >= 4 is 38.9 Å². The first-order valence-electron chi connectivity index (χ1n) is 6.83. The summed E-state index contributed by atoms with van der Waals surface area (Å²) in [5, 5.41) is 3.02. The molecule has 0 saturated carbocycles.